The lowest BCUT2D eigenvalue weighted by atomic mass is 9.93. The molecule has 3 aromatic carbocycles. The number of urea groups is 1. The minimum absolute atomic E-state index is 0.00456. The number of alkyl halides is 3. The average Bonchev–Trinajstić information content (AvgIpc) is 2.93. The Morgan fingerprint density at radius 3 is 2.28 bits per heavy atom. The number of piperidine rings is 1. The third-order valence-corrected chi connectivity index (χ3v) is 7.44. The normalized spacial score (nSPS) is 18.3. The van der Waals surface area contributed by atoms with E-state index in [0.717, 1.165) is 55.7 Å². The number of rotatable bonds is 5. The van der Waals surface area contributed by atoms with E-state index in [1.807, 2.05) is 42.5 Å². The lowest BCUT2D eigenvalue weighted by Crippen LogP contribution is -2.56. The first-order chi connectivity index (χ1) is 18.8. The maximum atomic E-state index is 13.5. The number of fused-ring (bicyclic) bond motifs is 1. The molecule has 6 nitrogen and oxygen atoms in total. The molecule has 204 valence electrons. The third kappa shape index (κ3) is 6.60. The minimum Gasteiger partial charge on any atom is -0.351 e. The molecule has 0 radical (unpaired) electrons. The van der Waals surface area contributed by atoms with Crippen molar-refractivity contribution >= 4 is 17.6 Å². The highest BCUT2D eigenvalue weighted by Gasteiger charge is 2.36. The fourth-order valence-corrected chi connectivity index (χ4v) is 5.31. The van der Waals surface area contributed by atoms with Crippen LogP contribution in [-0.4, -0.2) is 46.9 Å². The number of carbonyl (C=O) groups excluding carboxylic acids is 2. The molecule has 2 aliphatic rings. The Labute approximate surface area is 225 Å². The number of nitrogens with one attached hydrogen (secondary N) is 2. The van der Waals surface area contributed by atoms with Crippen LogP contribution in [0, 0.1) is 0 Å². The third-order valence-electron chi connectivity index (χ3n) is 7.44. The van der Waals surface area contributed by atoms with Gasteiger partial charge in [-0.2, -0.15) is 13.2 Å². The van der Waals surface area contributed by atoms with Crippen molar-refractivity contribution in [2.24, 2.45) is 0 Å². The molecule has 3 amide bonds. The Bertz CT molecular complexity index is 1310. The first kappa shape index (κ1) is 26.7. The lowest BCUT2D eigenvalue weighted by Gasteiger charge is -2.38. The summed E-state index contributed by atoms with van der Waals surface area (Å²) in [5.74, 6) is -0.245. The molecule has 1 fully saturated rings. The largest absolute Gasteiger partial charge is 0.416 e. The maximum Gasteiger partial charge on any atom is 0.416 e. The molecule has 9 heteroatoms. The van der Waals surface area contributed by atoms with Crippen LogP contribution in [0.3, 0.4) is 0 Å². The standard InChI is InChI=1S/C30H31F3N4O2/c31-30(32,33)24-11-6-12-26(18-24)35-29(39)37-20-23-10-5-4-9-22(23)17-27(37)28(38)34-25-13-15-36(16-14-25)19-21-7-2-1-3-8-21/h1-12,18,25,27H,13-17,19-20H2,(H,34,38)(H,35,39)/t27-/m0/s1. The molecule has 0 unspecified atom stereocenters. The van der Waals surface area contributed by atoms with E-state index >= 15 is 0 Å². The van der Waals surface area contributed by atoms with E-state index in [4.69, 9.17) is 0 Å². The molecule has 2 aliphatic heterocycles. The SMILES string of the molecule is O=C(NC1CCN(Cc2ccccc2)CC1)[C@@H]1Cc2ccccc2CN1C(=O)Nc1cccc(C(F)(F)F)c1. The van der Waals surface area contributed by atoms with Gasteiger partial charge in [0, 0.05) is 44.3 Å². The van der Waals surface area contributed by atoms with Gasteiger partial charge in [0.25, 0.3) is 0 Å². The number of anilines is 1. The molecule has 0 bridgehead atoms. The van der Waals surface area contributed by atoms with Crippen molar-refractivity contribution in [3.63, 3.8) is 0 Å². The van der Waals surface area contributed by atoms with Crippen LogP contribution in [0.15, 0.2) is 78.9 Å². The fraction of sp³-hybridized carbons (Fsp3) is 0.333. The Kier molecular flexibility index (Phi) is 7.88. The van der Waals surface area contributed by atoms with E-state index in [9.17, 15) is 22.8 Å². The van der Waals surface area contributed by atoms with Crippen LogP contribution in [0.5, 0.6) is 0 Å². The van der Waals surface area contributed by atoms with E-state index in [1.165, 1.54) is 22.6 Å². The second-order valence-corrected chi connectivity index (χ2v) is 10.2. The van der Waals surface area contributed by atoms with Crippen LogP contribution < -0.4 is 10.6 Å². The summed E-state index contributed by atoms with van der Waals surface area (Å²) in [5.41, 5.74) is 2.33. The predicted octanol–water partition coefficient (Wildman–Crippen LogP) is 5.45. The zero-order valence-corrected chi connectivity index (χ0v) is 21.5. The first-order valence-electron chi connectivity index (χ1n) is 13.1. The molecular weight excluding hydrogens is 505 g/mol. The lowest BCUT2D eigenvalue weighted by molar-refractivity contribution is -0.137. The number of hydrogen-bond donors (Lipinski definition) is 2. The summed E-state index contributed by atoms with van der Waals surface area (Å²) in [5, 5.41) is 5.72. The van der Waals surface area contributed by atoms with Crippen molar-refractivity contribution in [1.29, 1.82) is 0 Å². The van der Waals surface area contributed by atoms with Gasteiger partial charge in [0.2, 0.25) is 5.91 Å². The highest BCUT2D eigenvalue weighted by Crippen LogP contribution is 2.31. The number of hydrogen-bond acceptors (Lipinski definition) is 3. The predicted molar refractivity (Wildman–Crippen MR) is 143 cm³/mol. The number of amides is 3. The van der Waals surface area contributed by atoms with Crippen LogP contribution >= 0.6 is 0 Å². The second kappa shape index (κ2) is 11.5. The van der Waals surface area contributed by atoms with Crippen LogP contribution in [0.25, 0.3) is 0 Å². The van der Waals surface area contributed by atoms with Crippen LogP contribution in [0.1, 0.15) is 35.1 Å². The number of carbonyl (C=O) groups is 2. The average molecular weight is 537 g/mol. The number of halogens is 3. The van der Waals surface area contributed by atoms with Gasteiger partial charge in [-0.15, -0.1) is 0 Å². The van der Waals surface area contributed by atoms with Crippen molar-refractivity contribution < 1.29 is 22.8 Å². The Morgan fingerprint density at radius 1 is 0.872 bits per heavy atom. The van der Waals surface area contributed by atoms with E-state index in [1.54, 1.807) is 0 Å². The van der Waals surface area contributed by atoms with Crippen molar-refractivity contribution in [1.82, 2.24) is 15.1 Å². The summed E-state index contributed by atoms with van der Waals surface area (Å²) in [6, 6.07) is 21.0. The Hall–Kier alpha value is -3.85. The fourth-order valence-electron chi connectivity index (χ4n) is 5.31. The smallest absolute Gasteiger partial charge is 0.351 e. The first-order valence-corrected chi connectivity index (χ1v) is 13.1. The molecule has 39 heavy (non-hydrogen) atoms. The van der Waals surface area contributed by atoms with Gasteiger partial charge in [-0.1, -0.05) is 60.7 Å². The summed E-state index contributed by atoms with van der Waals surface area (Å²) in [7, 11) is 0. The molecule has 2 N–H and O–H groups in total. The van der Waals surface area contributed by atoms with Gasteiger partial charge in [-0.05, 0) is 47.7 Å². The highest BCUT2D eigenvalue weighted by atomic mass is 19.4. The summed E-state index contributed by atoms with van der Waals surface area (Å²) in [6.07, 6.45) is -2.58. The molecule has 2 heterocycles. The molecule has 0 saturated carbocycles. The zero-order chi connectivity index (χ0) is 27.4. The van der Waals surface area contributed by atoms with Crippen molar-refractivity contribution in [3.05, 3.63) is 101 Å². The Balaban J connectivity index is 1.25. The quantitative estimate of drug-likeness (QED) is 0.456. The van der Waals surface area contributed by atoms with Crippen LogP contribution in [0.2, 0.25) is 0 Å². The minimum atomic E-state index is -4.52. The van der Waals surface area contributed by atoms with Crippen molar-refractivity contribution in [3.8, 4) is 0 Å². The van der Waals surface area contributed by atoms with Gasteiger partial charge in [0.05, 0.1) is 5.56 Å². The van der Waals surface area contributed by atoms with E-state index < -0.39 is 23.8 Å². The molecule has 0 aromatic heterocycles. The summed E-state index contributed by atoms with van der Waals surface area (Å²) in [4.78, 5) is 30.6. The Morgan fingerprint density at radius 2 is 1.56 bits per heavy atom. The van der Waals surface area contributed by atoms with Crippen LogP contribution in [-0.2, 0) is 30.5 Å². The summed E-state index contributed by atoms with van der Waals surface area (Å²) >= 11 is 0. The summed E-state index contributed by atoms with van der Waals surface area (Å²) in [6.45, 7) is 2.76. The monoisotopic (exact) mass is 536 g/mol. The van der Waals surface area contributed by atoms with Gasteiger partial charge in [0.1, 0.15) is 6.04 Å². The van der Waals surface area contributed by atoms with Crippen molar-refractivity contribution in [2.75, 3.05) is 18.4 Å². The summed E-state index contributed by atoms with van der Waals surface area (Å²) < 4.78 is 39.5. The van der Waals surface area contributed by atoms with Gasteiger partial charge in [-0.3, -0.25) is 9.69 Å². The van der Waals surface area contributed by atoms with Gasteiger partial charge in [0.15, 0.2) is 0 Å². The molecular formula is C30H31F3N4O2. The second-order valence-electron chi connectivity index (χ2n) is 10.2. The van der Waals surface area contributed by atoms with Crippen molar-refractivity contribution in [2.45, 2.75) is 50.6 Å². The molecule has 0 aliphatic carbocycles. The van der Waals surface area contributed by atoms with Gasteiger partial charge in [-0.25, -0.2) is 4.79 Å². The topological polar surface area (TPSA) is 64.7 Å². The number of nitrogens with zero attached hydrogens (tertiary/aromatic N) is 2. The highest BCUT2D eigenvalue weighted by molar-refractivity contribution is 5.94. The van der Waals surface area contributed by atoms with E-state index in [2.05, 4.69) is 27.7 Å². The molecule has 1 saturated heterocycles. The molecule has 0 spiro atoms. The maximum absolute atomic E-state index is 13.5. The molecule has 3 aromatic rings. The van der Waals surface area contributed by atoms with E-state index in [-0.39, 0.29) is 24.2 Å². The molecule has 5 rings (SSSR count). The number of benzene rings is 3. The van der Waals surface area contributed by atoms with Gasteiger partial charge < -0.3 is 15.5 Å². The van der Waals surface area contributed by atoms with E-state index in [0.29, 0.717) is 6.42 Å². The molecule has 1 atom stereocenters. The number of likely N-dealkylation sites (tertiary alicyclic amines) is 1. The van der Waals surface area contributed by atoms with Crippen LogP contribution in [0.4, 0.5) is 23.7 Å². The van der Waals surface area contributed by atoms with Gasteiger partial charge >= 0.3 is 12.2 Å². The zero-order valence-electron chi connectivity index (χ0n) is 21.5.